The molecule has 26 heavy (non-hydrogen) atoms. The summed E-state index contributed by atoms with van der Waals surface area (Å²) in [6.07, 6.45) is 1.42. The van der Waals surface area contributed by atoms with Gasteiger partial charge in [0.25, 0.3) is 11.5 Å². The van der Waals surface area contributed by atoms with Gasteiger partial charge in [0.05, 0.1) is 17.8 Å². The number of halogens is 2. The first-order valence-corrected chi connectivity index (χ1v) is 7.95. The van der Waals surface area contributed by atoms with E-state index in [4.69, 9.17) is 0 Å². The molecule has 132 valence electrons. The molecule has 0 unspecified atom stereocenters. The first-order valence-electron chi connectivity index (χ1n) is 7.95. The van der Waals surface area contributed by atoms with Crippen LogP contribution in [0.1, 0.15) is 21.5 Å². The number of nitrogens with one attached hydrogen (secondary N) is 1. The molecule has 2 aromatic carbocycles. The molecule has 0 saturated heterocycles. The summed E-state index contributed by atoms with van der Waals surface area (Å²) in [6, 6.07) is 13.2. The second-order valence-electron chi connectivity index (χ2n) is 5.95. The van der Waals surface area contributed by atoms with Crippen molar-refractivity contribution in [2.75, 3.05) is 5.32 Å². The number of carbonyl (C=O) groups excluding carboxylic acids is 1. The van der Waals surface area contributed by atoms with Gasteiger partial charge in [-0.3, -0.25) is 9.59 Å². The third-order valence-electron chi connectivity index (χ3n) is 3.90. The number of carbonyl (C=O) groups is 1. The van der Waals surface area contributed by atoms with Gasteiger partial charge in [-0.2, -0.15) is 0 Å². The third kappa shape index (κ3) is 4.03. The molecule has 0 aliphatic rings. The van der Waals surface area contributed by atoms with Crippen molar-refractivity contribution in [3.63, 3.8) is 0 Å². The van der Waals surface area contributed by atoms with Crippen LogP contribution in [0.25, 0.3) is 0 Å². The summed E-state index contributed by atoms with van der Waals surface area (Å²) in [4.78, 5) is 24.4. The highest BCUT2D eigenvalue weighted by atomic mass is 19.1. The van der Waals surface area contributed by atoms with Gasteiger partial charge in [-0.1, -0.05) is 29.8 Å². The molecule has 0 aliphatic carbocycles. The van der Waals surface area contributed by atoms with Gasteiger partial charge >= 0.3 is 0 Å². The summed E-state index contributed by atoms with van der Waals surface area (Å²) in [6.45, 7) is 2.28. The number of amides is 1. The van der Waals surface area contributed by atoms with Crippen LogP contribution in [0, 0.1) is 18.6 Å². The Bertz CT molecular complexity index is 1010. The van der Waals surface area contributed by atoms with Crippen molar-refractivity contribution in [1.29, 1.82) is 0 Å². The number of pyridine rings is 1. The molecule has 0 atom stereocenters. The maximum absolute atomic E-state index is 13.7. The Hall–Kier alpha value is -3.28. The van der Waals surface area contributed by atoms with E-state index in [1.165, 1.54) is 22.9 Å². The number of anilines is 1. The van der Waals surface area contributed by atoms with Crippen LogP contribution < -0.4 is 10.9 Å². The minimum Gasteiger partial charge on any atom is -0.319 e. The molecule has 0 radical (unpaired) electrons. The van der Waals surface area contributed by atoms with Gasteiger partial charge in [-0.25, -0.2) is 8.78 Å². The van der Waals surface area contributed by atoms with Crippen molar-refractivity contribution < 1.29 is 13.6 Å². The van der Waals surface area contributed by atoms with E-state index in [2.05, 4.69) is 5.32 Å². The molecule has 0 bridgehead atoms. The predicted molar refractivity (Wildman–Crippen MR) is 95.3 cm³/mol. The van der Waals surface area contributed by atoms with Crippen LogP contribution in [-0.4, -0.2) is 10.5 Å². The van der Waals surface area contributed by atoms with Crippen LogP contribution in [0.15, 0.2) is 65.6 Å². The Morgan fingerprint density at radius 1 is 1.04 bits per heavy atom. The van der Waals surface area contributed by atoms with Gasteiger partial charge in [0.2, 0.25) is 0 Å². The molecule has 0 saturated carbocycles. The van der Waals surface area contributed by atoms with Gasteiger partial charge < -0.3 is 9.88 Å². The zero-order chi connectivity index (χ0) is 18.7. The molecular weight excluding hydrogens is 338 g/mol. The fourth-order valence-electron chi connectivity index (χ4n) is 2.46. The Kier molecular flexibility index (Phi) is 4.93. The zero-order valence-electron chi connectivity index (χ0n) is 14.0. The summed E-state index contributed by atoms with van der Waals surface area (Å²) in [5.74, 6) is -2.19. The lowest BCUT2D eigenvalue weighted by Gasteiger charge is -2.10. The number of hydrogen-bond donors (Lipinski definition) is 1. The molecule has 4 nitrogen and oxygen atoms in total. The lowest BCUT2D eigenvalue weighted by Crippen LogP contribution is -2.22. The van der Waals surface area contributed by atoms with E-state index in [-0.39, 0.29) is 16.8 Å². The maximum Gasteiger partial charge on any atom is 0.257 e. The molecular formula is C20H16F2N2O2. The van der Waals surface area contributed by atoms with E-state index in [1.54, 1.807) is 0 Å². The van der Waals surface area contributed by atoms with Gasteiger partial charge in [0, 0.05) is 18.3 Å². The topological polar surface area (TPSA) is 51.1 Å². The standard InChI is InChI=1S/C20H16F2N2O2/c1-13-2-4-14(5-3-13)11-24-12-15(6-9-19(24)25)20(26)23-18-8-7-16(21)10-17(18)22/h2-10,12H,11H2,1H3,(H,23,26). The van der Waals surface area contributed by atoms with Crippen molar-refractivity contribution in [2.45, 2.75) is 13.5 Å². The Labute approximate surface area is 148 Å². The normalized spacial score (nSPS) is 10.6. The lowest BCUT2D eigenvalue weighted by atomic mass is 10.1. The second-order valence-corrected chi connectivity index (χ2v) is 5.95. The maximum atomic E-state index is 13.7. The van der Waals surface area contributed by atoms with E-state index in [0.717, 1.165) is 23.3 Å². The van der Waals surface area contributed by atoms with Gasteiger partial charge in [0.15, 0.2) is 0 Å². The summed E-state index contributed by atoms with van der Waals surface area (Å²) in [5, 5.41) is 2.38. The van der Waals surface area contributed by atoms with Crippen molar-refractivity contribution >= 4 is 11.6 Å². The van der Waals surface area contributed by atoms with Crippen LogP contribution in [-0.2, 0) is 6.54 Å². The molecule has 6 heteroatoms. The van der Waals surface area contributed by atoms with E-state index >= 15 is 0 Å². The first-order chi connectivity index (χ1) is 12.4. The monoisotopic (exact) mass is 354 g/mol. The number of rotatable bonds is 4. The number of aromatic nitrogens is 1. The highest BCUT2D eigenvalue weighted by Gasteiger charge is 2.11. The molecule has 3 rings (SSSR count). The summed E-state index contributed by atoms with van der Waals surface area (Å²) < 4.78 is 28.0. The molecule has 1 N–H and O–H groups in total. The molecule has 1 amide bonds. The SMILES string of the molecule is Cc1ccc(Cn2cc(C(=O)Nc3ccc(F)cc3F)ccc2=O)cc1. The first kappa shape index (κ1) is 17.5. The summed E-state index contributed by atoms with van der Waals surface area (Å²) in [5.41, 5.74) is 1.83. The van der Waals surface area contributed by atoms with Gasteiger partial charge in [-0.05, 0) is 30.7 Å². The fourth-order valence-corrected chi connectivity index (χ4v) is 2.46. The molecule has 1 heterocycles. The average molecular weight is 354 g/mol. The molecule has 1 aromatic heterocycles. The van der Waals surface area contributed by atoms with Crippen LogP contribution >= 0.6 is 0 Å². The molecule has 0 fully saturated rings. The van der Waals surface area contributed by atoms with Crippen molar-refractivity contribution in [3.05, 3.63) is 99.5 Å². The van der Waals surface area contributed by atoms with Crippen LogP contribution in [0.4, 0.5) is 14.5 Å². The van der Waals surface area contributed by atoms with Gasteiger partial charge in [0.1, 0.15) is 11.6 Å². The smallest absolute Gasteiger partial charge is 0.257 e. The highest BCUT2D eigenvalue weighted by molar-refractivity contribution is 6.04. The largest absolute Gasteiger partial charge is 0.319 e. The van der Waals surface area contributed by atoms with Crippen molar-refractivity contribution in [1.82, 2.24) is 4.57 Å². The number of nitrogens with zero attached hydrogens (tertiary/aromatic N) is 1. The Balaban J connectivity index is 1.83. The van der Waals surface area contributed by atoms with Crippen LogP contribution in [0.2, 0.25) is 0 Å². The van der Waals surface area contributed by atoms with E-state index in [9.17, 15) is 18.4 Å². The van der Waals surface area contributed by atoms with Crippen LogP contribution in [0.3, 0.4) is 0 Å². The van der Waals surface area contributed by atoms with Crippen molar-refractivity contribution in [3.8, 4) is 0 Å². The summed E-state index contributed by atoms with van der Waals surface area (Å²) in [7, 11) is 0. The quantitative estimate of drug-likeness (QED) is 0.776. The Morgan fingerprint density at radius 2 is 1.77 bits per heavy atom. The zero-order valence-corrected chi connectivity index (χ0v) is 14.0. The van der Waals surface area contributed by atoms with Crippen molar-refractivity contribution in [2.24, 2.45) is 0 Å². The molecule has 0 aliphatic heterocycles. The molecule has 0 spiro atoms. The van der Waals surface area contributed by atoms with E-state index in [0.29, 0.717) is 12.6 Å². The number of aryl methyl sites for hydroxylation is 1. The molecule has 3 aromatic rings. The second kappa shape index (κ2) is 7.31. The lowest BCUT2D eigenvalue weighted by molar-refractivity contribution is 0.102. The number of benzene rings is 2. The van der Waals surface area contributed by atoms with E-state index in [1.807, 2.05) is 31.2 Å². The Morgan fingerprint density at radius 3 is 2.46 bits per heavy atom. The average Bonchev–Trinajstić information content (AvgIpc) is 2.61. The predicted octanol–water partition coefficient (Wildman–Crippen LogP) is 3.74. The third-order valence-corrected chi connectivity index (χ3v) is 3.90. The minimum absolute atomic E-state index is 0.132. The van der Waals surface area contributed by atoms with E-state index < -0.39 is 17.5 Å². The van der Waals surface area contributed by atoms with Crippen LogP contribution in [0.5, 0.6) is 0 Å². The van der Waals surface area contributed by atoms with Gasteiger partial charge in [-0.15, -0.1) is 0 Å². The number of hydrogen-bond acceptors (Lipinski definition) is 2. The minimum atomic E-state index is -0.869. The highest BCUT2D eigenvalue weighted by Crippen LogP contribution is 2.16. The summed E-state index contributed by atoms with van der Waals surface area (Å²) >= 11 is 0. The fraction of sp³-hybridized carbons (Fsp3) is 0.100.